The van der Waals surface area contributed by atoms with Crippen molar-refractivity contribution >= 4 is 41.2 Å². The number of benzene rings is 1. The van der Waals surface area contributed by atoms with Gasteiger partial charge in [0.25, 0.3) is 5.91 Å². The third kappa shape index (κ3) is 3.85. The van der Waals surface area contributed by atoms with Crippen LogP contribution < -0.4 is 10.6 Å². The van der Waals surface area contributed by atoms with E-state index >= 15 is 0 Å². The first-order valence-electron chi connectivity index (χ1n) is 7.51. The number of carboxylic acid groups (broad SMARTS) is 2. The van der Waals surface area contributed by atoms with Crippen molar-refractivity contribution in [3.63, 3.8) is 0 Å². The molecule has 0 bridgehead atoms. The Balaban J connectivity index is 1.85. The quantitative estimate of drug-likeness (QED) is 0.565. The number of nitrogens with one attached hydrogen (secondary N) is 2. The molecule has 2 heterocycles. The second-order valence-electron chi connectivity index (χ2n) is 5.38. The van der Waals surface area contributed by atoms with Gasteiger partial charge in [0, 0.05) is 10.6 Å². The summed E-state index contributed by atoms with van der Waals surface area (Å²) >= 11 is 0.858. The van der Waals surface area contributed by atoms with E-state index in [1.54, 1.807) is 30.3 Å². The van der Waals surface area contributed by atoms with Gasteiger partial charge in [0.15, 0.2) is 5.76 Å². The zero-order valence-electron chi connectivity index (χ0n) is 13.5. The highest BCUT2D eigenvalue weighted by atomic mass is 32.2. The Bertz CT molecular complexity index is 934. The molecule has 0 saturated carbocycles. The molecule has 0 aromatic heterocycles. The summed E-state index contributed by atoms with van der Waals surface area (Å²) in [7, 11) is 0. The van der Waals surface area contributed by atoms with Crippen LogP contribution in [0.15, 0.2) is 63.9 Å². The van der Waals surface area contributed by atoms with Crippen LogP contribution in [-0.4, -0.2) is 34.0 Å². The summed E-state index contributed by atoms with van der Waals surface area (Å²) in [6.07, 6.45) is 2.52. The van der Waals surface area contributed by atoms with Crippen LogP contribution in [0.2, 0.25) is 0 Å². The predicted octanol–water partition coefficient (Wildman–Crippen LogP) is 1.24. The molecule has 10 heteroatoms. The van der Waals surface area contributed by atoms with E-state index in [-0.39, 0.29) is 16.4 Å². The molecule has 0 aliphatic carbocycles. The first-order chi connectivity index (χ1) is 12.9. The van der Waals surface area contributed by atoms with E-state index in [1.807, 2.05) is 5.32 Å². The lowest BCUT2D eigenvalue weighted by Crippen LogP contribution is -2.30. The Morgan fingerprint density at radius 1 is 1.04 bits per heavy atom. The molecule has 2 aliphatic rings. The largest absolute Gasteiger partial charge is 0.478 e. The molecule has 9 nitrogen and oxygen atoms in total. The number of rotatable bonds is 4. The summed E-state index contributed by atoms with van der Waals surface area (Å²) in [5.74, 6) is -5.99. The molecule has 0 fully saturated rings. The van der Waals surface area contributed by atoms with Crippen LogP contribution in [0, 0.1) is 5.92 Å². The van der Waals surface area contributed by atoms with Crippen molar-refractivity contribution in [1.29, 1.82) is 0 Å². The molecule has 27 heavy (non-hydrogen) atoms. The second kappa shape index (κ2) is 7.38. The zero-order chi connectivity index (χ0) is 19.6. The number of ether oxygens (including phenoxy) is 1. The Morgan fingerprint density at radius 2 is 1.74 bits per heavy atom. The third-order valence-corrected chi connectivity index (χ3v) is 4.72. The lowest BCUT2D eigenvalue weighted by atomic mass is 9.97. The molecule has 0 saturated heterocycles. The molecule has 1 aromatic rings. The highest BCUT2D eigenvalue weighted by molar-refractivity contribution is 8.07. The van der Waals surface area contributed by atoms with E-state index in [0.717, 1.165) is 11.8 Å². The van der Waals surface area contributed by atoms with E-state index in [0.29, 0.717) is 10.6 Å². The number of allylic oxidation sites excluding steroid dienone is 2. The molecule has 3 rings (SSSR count). The molecule has 2 amide bonds. The van der Waals surface area contributed by atoms with Crippen molar-refractivity contribution in [2.24, 2.45) is 5.92 Å². The minimum absolute atomic E-state index is 0.113. The lowest BCUT2D eigenvalue weighted by Gasteiger charge is -2.17. The number of carbonyl (C=O) groups is 4. The Labute approximate surface area is 156 Å². The molecule has 138 valence electrons. The van der Waals surface area contributed by atoms with Crippen molar-refractivity contribution in [3.05, 3.63) is 63.9 Å². The van der Waals surface area contributed by atoms with Crippen LogP contribution >= 0.6 is 11.8 Å². The number of carbonyl (C=O) groups excluding carboxylic acids is 2. The minimum atomic E-state index is -1.74. The maximum absolute atomic E-state index is 12.3. The number of thioether (sulfide) groups is 1. The number of fused-ring (bicyclic) bond motifs is 1. The number of aliphatic carboxylic acids is 2. The van der Waals surface area contributed by atoms with Crippen molar-refractivity contribution in [3.8, 4) is 0 Å². The van der Waals surface area contributed by atoms with Crippen molar-refractivity contribution in [2.45, 2.75) is 0 Å². The van der Waals surface area contributed by atoms with Gasteiger partial charge < -0.3 is 25.6 Å². The van der Waals surface area contributed by atoms with Crippen molar-refractivity contribution in [1.82, 2.24) is 5.32 Å². The van der Waals surface area contributed by atoms with E-state index < -0.39 is 29.7 Å². The fourth-order valence-electron chi connectivity index (χ4n) is 2.42. The molecule has 1 unspecified atom stereocenters. The fraction of sp³-hybridized carbons (Fsp3) is 0.0588. The standard InChI is InChI=1S/C17H12N2O7S/c20-13(18-8-4-2-1-3-5-8)10-6-9-11(7-26-10)27-15(12(9)16(22)23)19-14(21)17(24)25/h1-7,9H,(H,18,20)(H,19,21)(H,22,23)(H,24,25). The molecule has 1 aromatic carbocycles. The molecule has 0 radical (unpaired) electrons. The number of hydrogen-bond donors (Lipinski definition) is 4. The molecule has 2 aliphatic heterocycles. The maximum atomic E-state index is 12.3. The normalized spacial score (nSPS) is 17.9. The highest BCUT2D eigenvalue weighted by Gasteiger charge is 2.39. The van der Waals surface area contributed by atoms with Gasteiger partial charge in [-0.1, -0.05) is 30.0 Å². The topological polar surface area (TPSA) is 142 Å². The molecule has 1 atom stereocenters. The summed E-state index contributed by atoms with van der Waals surface area (Å²) in [5.41, 5.74) is 0.292. The number of para-hydroxylation sites is 1. The van der Waals surface area contributed by atoms with E-state index in [9.17, 15) is 24.3 Å². The summed E-state index contributed by atoms with van der Waals surface area (Å²) in [4.78, 5) is 46.4. The van der Waals surface area contributed by atoms with E-state index in [4.69, 9.17) is 9.84 Å². The van der Waals surface area contributed by atoms with Gasteiger partial charge in [-0.3, -0.25) is 9.59 Å². The molecular formula is C17H12N2O7S. The second-order valence-corrected chi connectivity index (χ2v) is 6.46. The summed E-state index contributed by atoms with van der Waals surface area (Å²) in [6.45, 7) is 0. The minimum Gasteiger partial charge on any atom is -0.478 e. The Morgan fingerprint density at radius 3 is 2.37 bits per heavy atom. The summed E-state index contributed by atoms with van der Waals surface area (Å²) < 4.78 is 5.27. The van der Waals surface area contributed by atoms with E-state index in [1.165, 1.54) is 12.3 Å². The zero-order valence-corrected chi connectivity index (χ0v) is 14.3. The Kier molecular flexibility index (Phi) is 4.99. The third-order valence-electron chi connectivity index (χ3n) is 3.61. The number of amides is 2. The average Bonchev–Trinajstić information content (AvgIpc) is 2.99. The number of anilines is 1. The van der Waals surface area contributed by atoms with Gasteiger partial charge in [-0.2, -0.15) is 0 Å². The van der Waals surface area contributed by atoms with Gasteiger partial charge in [-0.05, 0) is 18.2 Å². The molecule has 0 spiro atoms. The number of hydrogen-bond acceptors (Lipinski definition) is 6. The van der Waals surface area contributed by atoms with Crippen LogP contribution in [0.3, 0.4) is 0 Å². The van der Waals surface area contributed by atoms with Crippen LogP contribution in [0.4, 0.5) is 5.69 Å². The van der Waals surface area contributed by atoms with Crippen molar-refractivity contribution in [2.75, 3.05) is 5.32 Å². The first-order valence-corrected chi connectivity index (χ1v) is 8.33. The lowest BCUT2D eigenvalue weighted by molar-refractivity contribution is -0.149. The summed E-state index contributed by atoms with van der Waals surface area (Å²) in [5, 5.41) is 22.7. The Hall–Kier alpha value is -3.53. The van der Waals surface area contributed by atoms with Crippen LogP contribution in [-0.2, 0) is 23.9 Å². The average molecular weight is 388 g/mol. The predicted molar refractivity (Wildman–Crippen MR) is 93.8 cm³/mol. The van der Waals surface area contributed by atoms with Gasteiger partial charge >= 0.3 is 17.8 Å². The van der Waals surface area contributed by atoms with Gasteiger partial charge in [-0.15, -0.1) is 0 Å². The fourth-order valence-corrected chi connectivity index (χ4v) is 3.53. The van der Waals surface area contributed by atoms with Crippen molar-refractivity contribution < 1.29 is 34.1 Å². The summed E-state index contributed by atoms with van der Waals surface area (Å²) in [6, 6.07) is 8.61. The van der Waals surface area contributed by atoms with Crippen LogP contribution in [0.5, 0.6) is 0 Å². The SMILES string of the molecule is O=C(O)C(=O)NC1=C(C(=O)O)C2C=C(C(=O)Nc3ccccc3)OC=C2S1. The van der Waals surface area contributed by atoms with Gasteiger partial charge in [0.1, 0.15) is 6.26 Å². The van der Waals surface area contributed by atoms with E-state index in [2.05, 4.69) is 5.32 Å². The first kappa shape index (κ1) is 18.3. The molecule has 4 N–H and O–H groups in total. The van der Waals surface area contributed by atoms with Gasteiger partial charge in [-0.25, -0.2) is 9.59 Å². The molecular weight excluding hydrogens is 376 g/mol. The van der Waals surface area contributed by atoms with Gasteiger partial charge in [0.05, 0.1) is 16.5 Å². The van der Waals surface area contributed by atoms with Gasteiger partial charge in [0.2, 0.25) is 0 Å². The monoisotopic (exact) mass is 388 g/mol. The maximum Gasteiger partial charge on any atom is 0.394 e. The van der Waals surface area contributed by atoms with Crippen LogP contribution in [0.1, 0.15) is 0 Å². The van der Waals surface area contributed by atoms with Crippen LogP contribution in [0.25, 0.3) is 0 Å². The number of carboxylic acids is 2. The smallest absolute Gasteiger partial charge is 0.394 e. The highest BCUT2D eigenvalue weighted by Crippen LogP contribution is 2.47.